The molecular weight excluding hydrogens is 442 g/mol. The highest BCUT2D eigenvalue weighted by Crippen LogP contribution is 2.44. The van der Waals surface area contributed by atoms with Crippen LogP contribution in [0.5, 0.6) is 0 Å². The molecule has 0 amide bonds. The minimum atomic E-state index is -4.93. The molecule has 1 aromatic heterocycles. The van der Waals surface area contributed by atoms with Gasteiger partial charge in [0.05, 0.1) is 11.4 Å². The molecule has 0 atom stereocenters. The van der Waals surface area contributed by atoms with Crippen molar-refractivity contribution in [2.75, 3.05) is 5.75 Å². The maximum absolute atomic E-state index is 13.6. The third kappa shape index (κ3) is 4.53. The summed E-state index contributed by atoms with van der Waals surface area (Å²) in [6.45, 7) is 3.06. The maximum Gasteiger partial charge on any atom is 0.391 e. The lowest BCUT2D eigenvalue weighted by Crippen LogP contribution is -2.34. The molecule has 2 rings (SSSR count). The SMILES string of the molecule is Cc1cc(C)c(-n2cnc(C(F)(F)C(F)(F)Cl)n2)cc1SCC(F)(F)C(F)F. The van der Waals surface area contributed by atoms with Crippen LogP contribution in [0.3, 0.4) is 0 Å². The van der Waals surface area contributed by atoms with Gasteiger partial charge in [0.2, 0.25) is 5.82 Å². The Bertz CT molecular complexity index is 850. The van der Waals surface area contributed by atoms with Crippen LogP contribution >= 0.6 is 23.4 Å². The average molecular weight is 454 g/mol. The number of aromatic nitrogens is 3. The first-order valence-electron chi connectivity index (χ1n) is 7.44. The Morgan fingerprint density at radius 3 is 2.21 bits per heavy atom. The van der Waals surface area contributed by atoms with Crippen molar-refractivity contribution < 1.29 is 35.1 Å². The largest absolute Gasteiger partial charge is 0.391 e. The van der Waals surface area contributed by atoms with E-state index < -0.39 is 35.2 Å². The molecule has 0 bridgehead atoms. The zero-order valence-corrected chi connectivity index (χ0v) is 15.7. The second kappa shape index (κ2) is 7.69. The summed E-state index contributed by atoms with van der Waals surface area (Å²) in [6, 6.07) is 2.72. The van der Waals surface area contributed by atoms with E-state index >= 15 is 0 Å². The van der Waals surface area contributed by atoms with Crippen molar-refractivity contribution in [1.82, 2.24) is 14.8 Å². The van der Waals surface area contributed by atoms with E-state index in [9.17, 15) is 35.1 Å². The quantitative estimate of drug-likeness (QED) is 0.301. The standard InChI is InChI=1S/C15H12ClF8N3S/c1-7-3-8(2)10(28-5-13(19,20)11(17)18)4-9(7)27-6-25-12(26-27)14(21,22)15(16,23)24/h3-4,6,11H,5H2,1-2H3. The highest BCUT2D eigenvalue weighted by Gasteiger charge is 2.59. The average Bonchev–Trinajstić information content (AvgIpc) is 3.03. The molecule has 0 aliphatic heterocycles. The molecule has 156 valence electrons. The van der Waals surface area contributed by atoms with Gasteiger partial charge in [-0.3, -0.25) is 0 Å². The van der Waals surface area contributed by atoms with Crippen molar-refractivity contribution in [1.29, 1.82) is 0 Å². The van der Waals surface area contributed by atoms with Gasteiger partial charge in [0.25, 0.3) is 0 Å². The zero-order chi connectivity index (χ0) is 21.5. The molecule has 13 heteroatoms. The molecule has 0 fully saturated rings. The van der Waals surface area contributed by atoms with Crippen LogP contribution < -0.4 is 0 Å². The predicted octanol–water partition coefficient (Wildman–Crippen LogP) is 5.80. The van der Waals surface area contributed by atoms with E-state index in [4.69, 9.17) is 0 Å². The number of halogens is 9. The lowest BCUT2D eigenvalue weighted by molar-refractivity contribution is -0.169. The van der Waals surface area contributed by atoms with Gasteiger partial charge >= 0.3 is 23.7 Å². The van der Waals surface area contributed by atoms with E-state index in [-0.39, 0.29) is 10.6 Å². The van der Waals surface area contributed by atoms with E-state index in [1.165, 1.54) is 26.0 Å². The van der Waals surface area contributed by atoms with Crippen molar-refractivity contribution in [3.63, 3.8) is 0 Å². The molecule has 0 saturated heterocycles. The minimum Gasteiger partial charge on any atom is -0.220 e. The lowest BCUT2D eigenvalue weighted by Gasteiger charge is -2.18. The van der Waals surface area contributed by atoms with Gasteiger partial charge in [0.15, 0.2) is 0 Å². The Labute approximate surface area is 163 Å². The zero-order valence-electron chi connectivity index (χ0n) is 14.2. The Balaban J connectivity index is 2.38. The van der Waals surface area contributed by atoms with Gasteiger partial charge in [-0.05, 0) is 42.6 Å². The van der Waals surface area contributed by atoms with Crippen molar-refractivity contribution in [3.05, 3.63) is 35.4 Å². The van der Waals surface area contributed by atoms with Crippen LogP contribution in [-0.2, 0) is 5.92 Å². The molecule has 0 spiro atoms. The molecule has 0 aliphatic rings. The number of rotatable bonds is 7. The number of alkyl halides is 9. The molecule has 28 heavy (non-hydrogen) atoms. The summed E-state index contributed by atoms with van der Waals surface area (Å²) in [5.41, 5.74) is 0.968. The van der Waals surface area contributed by atoms with E-state index in [1.807, 2.05) is 0 Å². The second-order valence-electron chi connectivity index (χ2n) is 5.84. The smallest absolute Gasteiger partial charge is 0.220 e. The normalized spacial score (nSPS) is 13.4. The Morgan fingerprint density at radius 2 is 1.68 bits per heavy atom. The molecule has 3 nitrogen and oxygen atoms in total. The summed E-state index contributed by atoms with van der Waals surface area (Å²) < 4.78 is 105. The summed E-state index contributed by atoms with van der Waals surface area (Å²) in [4.78, 5) is 3.30. The number of thioether (sulfide) groups is 1. The summed E-state index contributed by atoms with van der Waals surface area (Å²) in [7, 11) is 0. The first-order valence-corrected chi connectivity index (χ1v) is 8.80. The van der Waals surface area contributed by atoms with Crippen LogP contribution in [-0.4, -0.2) is 38.2 Å². The Kier molecular flexibility index (Phi) is 6.25. The summed E-state index contributed by atoms with van der Waals surface area (Å²) >= 11 is 4.83. The molecule has 0 saturated carbocycles. The molecule has 1 aromatic carbocycles. The van der Waals surface area contributed by atoms with Gasteiger partial charge in [0.1, 0.15) is 6.33 Å². The van der Waals surface area contributed by atoms with Crippen molar-refractivity contribution in [3.8, 4) is 5.69 Å². The van der Waals surface area contributed by atoms with Crippen molar-refractivity contribution >= 4 is 23.4 Å². The van der Waals surface area contributed by atoms with Gasteiger partial charge in [0, 0.05) is 4.90 Å². The first-order chi connectivity index (χ1) is 12.7. The third-order valence-corrected chi connectivity index (χ3v) is 5.13. The fourth-order valence-electron chi connectivity index (χ4n) is 2.11. The fraction of sp³-hybridized carbons (Fsp3) is 0.467. The molecule has 2 aromatic rings. The van der Waals surface area contributed by atoms with Crippen LogP contribution in [0.15, 0.2) is 23.4 Å². The van der Waals surface area contributed by atoms with Crippen molar-refractivity contribution in [2.24, 2.45) is 0 Å². The van der Waals surface area contributed by atoms with Gasteiger partial charge in [-0.1, -0.05) is 6.07 Å². The highest BCUT2D eigenvalue weighted by molar-refractivity contribution is 7.99. The first kappa shape index (κ1) is 22.7. The second-order valence-corrected chi connectivity index (χ2v) is 7.33. The predicted molar refractivity (Wildman–Crippen MR) is 87.2 cm³/mol. The molecule has 1 heterocycles. The summed E-state index contributed by atoms with van der Waals surface area (Å²) in [5.74, 6) is -11.8. The lowest BCUT2D eigenvalue weighted by atomic mass is 10.1. The van der Waals surface area contributed by atoms with E-state index in [2.05, 4.69) is 21.7 Å². The number of hydrogen-bond donors (Lipinski definition) is 0. The van der Waals surface area contributed by atoms with Gasteiger partial charge in [-0.15, -0.1) is 16.9 Å². The number of benzene rings is 1. The number of hydrogen-bond acceptors (Lipinski definition) is 3. The molecule has 0 aliphatic carbocycles. The van der Waals surface area contributed by atoms with Crippen molar-refractivity contribution in [2.45, 2.75) is 42.4 Å². The summed E-state index contributed by atoms with van der Waals surface area (Å²) in [6.07, 6.45) is -3.12. The molecule has 0 radical (unpaired) electrons. The van der Waals surface area contributed by atoms with E-state index in [1.54, 1.807) is 0 Å². The monoisotopic (exact) mass is 453 g/mol. The third-order valence-electron chi connectivity index (χ3n) is 3.61. The van der Waals surface area contributed by atoms with Crippen LogP contribution in [0.25, 0.3) is 5.69 Å². The molecular formula is C15H12ClF8N3S. The maximum atomic E-state index is 13.6. The van der Waals surface area contributed by atoms with Gasteiger partial charge < -0.3 is 0 Å². The fourth-order valence-corrected chi connectivity index (χ4v) is 3.15. The topological polar surface area (TPSA) is 30.7 Å². The summed E-state index contributed by atoms with van der Waals surface area (Å²) in [5, 5.41) is -1.63. The molecule has 0 unspecified atom stereocenters. The number of nitrogens with zero attached hydrogens (tertiary/aromatic N) is 3. The van der Waals surface area contributed by atoms with Crippen LogP contribution in [0.1, 0.15) is 17.0 Å². The Hall–Kier alpha value is -1.56. The Morgan fingerprint density at radius 1 is 1.07 bits per heavy atom. The van der Waals surface area contributed by atoms with Gasteiger partial charge in [-0.25, -0.2) is 18.4 Å². The minimum absolute atomic E-state index is 0.0703. The highest BCUT2D eigenvalue weighted by atomic mass is 35.5. The van der Waals surface area contributed by atoms with Gasteiger partial charge in [-0.2, -0.15) is 26.3 Å². The van der Waals surface area contributed by atoms with E-state index in [0.29, 0.717) is 22.9 Å². The van der Waals surface area contributed by atoms with Crippen LogP contribution in [0.2, 0.25) is 0 Å². The molecule has 0 N–H and O–H groups in total. The van der Waals surface area contributed by atoms with Crippen LogP contribution in [0, 0.1) is 13.8 Å². The van der Waals surface area contributed by atoms with Crippen LogP contribution in [0.4, 0.5) is 35.1 Å². The number of aryl methyl sites for hydroxylation is 2. The van der Waals surface area contributed by atoms with E-state index in [0.717, 1.165) is 11.0 Å².